The molecule has 1 heterocycles. The highest BCUT2D eigenvalue weighted by atomic mass is 32.2. The summed E-state index contributed by atoms with van der Waals surface area (Å²) < 4.78 is 54.1. The van der Waals surface area contributed by atoms with Crippen LogP contribution in [0.5, 0.6) is 0 Å². The number of rotatable bonds is 4. The largest absolute Gasteiger partial charge is 0.280 e. The van der Waals surface area contributed by atoms with Crippen LogP contribution in [0.4, 0.5) is 11.4 Å². The molecule has 0 saturated carbocycles. The van der Waals surface area contributed by atoms with E-state index in [0.29, 0.717) is 29.9 Å². The van der Waals surface area contributed by atoms with E-state index in [2.05, 4.69) is 4.72 Å². The van der Waals surface area contributed by atoms with Crippen LogP contribution in [0, 0.1) is 13.8 Å². The molecule has 3 rings (SSSR count). The summed E-state index contributed by atoms with van der Waals surface area (Å²) in [5.74, 6) is 0.117. The van der Waals surface area contributed by atoms with Crippen LogP contribution < -0.4 is 9.03 Å². The Hall–Kier alpha value is -2.06. The minimum atomic E-state index is -3.75. The number of nitrogens with one attached hydrogen (secondary N) is 1. The zero-order valence-corrected chi connectivity index (χ0v) is 16.4. The molecule has 140 valence electrons. The molecule has 1 fully saturated rings. The second kappa shape index (κ2) is 6.92. The molecule has 0 unspecified atom stereocenters. The third kappa shape index (κ3) is 3.71. The summed E-state index contributed by atoms with van der Waals surface area (Å²) in [6.45, 7) is 3.96. The maximum atomic E-state index is 12.7. The normalized spacial score (nSPS) is 17.1. The Morgan fingerprint density at radius 2 is 1.73 bits per heavy atom. The Balaban J connectivity index is 1.97. The molecule has 1 aliphatic rings. The van der Waals surface area contributed by atoms with Gasteiger partial charge in [-0.1, -0.05) is 24.3 Å². The Kier molecular flexibility index (Phi) is 4.98. The molecule has 1 N–H and O–H groups in total. The van der Waals surface area contributed by atoms with Crippen LogP contribution in [0.25, 0.3) is 0 Å². The Labute approximate surface area is 155 Å². The Morgan fingerprint density at radius 1 is 1.00 bits per heavy atom. The molecule has 8 heteroatoms. The van der Waals surface area contributed by atoms with Crippen molar-refractivity contribution in [2.24, 2.45) is 0 Å². The van der Waals surface area contributed by atoms with E-state index in [4.69, 9.17) is 0 Å². The molecule has 1 aliphatic heterocycles. The van der Waals surface area contributed by atoms with Crippen molar-refractivity contribution in [3.8, 4) is 0 Å². The van der Waals surface area contributed by atoms with Crippen LogP contribution in [-0.4, -0.2) is 29.1 Å². The third-order valence-corrected chi connectivity index (χ3v) is 7.86. The van der Waals surface area contributed by atoms with Gasteiger partial charge < -0.3 is 0 Å². The van der Waals surface area contributed by atoms with Gasteiger partial charge >= 0.3 is 0 Å². The predicted molar refractivity (Wildman–Crippen MR) is 104 cm³/mol. The molecule has 0 bridgehead atoms. The van der Waals surface area contributed by atoms with E-state index in [1.165, 1.54) is 4.31 Å². The third-order valence-electron chi connectivity index (χ3n) is 4.46. The first-order valence-corrected chi connectivity index (χ1v) is 11.5. The molecule has 0 radical (unpaired) electrons. The number of benzene rings is 2. The summed E-state index contributed by atoms with van der Waals surface area (Å²) in [6.07, 6.45) is 1.44. The van der Waals surface area contributed by atoms with Gasteiger partial charge in [0, 0.05) is 6.54 Å². The molecule has 0 atom stereocenters. The van der Waals surface area contributed by atoms with Gasteiger partial charge in [0.05, 0.1) is 22.0 Å². The van der Waals surface area contributed by atoms with E-state index in [1.54, 1.807) is 49.4 Å². The zero-order valence-electron chi connectivity index (χ0n) is 14.8. The maximum absolute atomic E-state index is 12.7. The van der Waals surface area contributed by atoms with Crippen LogP contribution >= 0.6 is 0 Å². The topological polar surface area (TPSA) is 83.6 Å². The smallest absolute Gasteiger partial charge is 0.262 e. The van der Waals surface area contributed by atoms with Gasteiger partial charge in [0.25, 0.3) is 10.0 Å². The van der Waals surface area contributed by atoms with Crippen molar-refractivity contribution in [2.75, 3.05) is 21.3 Å². The number of hydrogen-bond acceptors (Lipinski definition) is 4. The fraction of sp³-hybridized carbons (Fsp3) is 0.333. The van der Waals surface area contributed by atoms with Gasteiger partial charge in [-0.3, -0.25) is 9.03 Å². The van der Waals surface area contributed by atoms with Crippen molar-refractivity contribution in [1.29, 1.82) is 0 Å². The highest BCUT2D eigenvalue weighted by Gasteiger charge is 2.27. The van der Waals surface area contributed by atoms with Gasteiger partial charge in [0.2, 0.25) is 10.0 Å². The van der Waals surface area contributed by atoms with Gasteiger partial charge in [-0.15, -0.1) is 0 Å². The highest BCUT2D eigenvalue weighted by molar-refractivity contribution is 7.93. The van der Waals surface area contributed by atoms with Crippen molar-refractivity contribution < 1.29 is 16.8 Å². The standard InChI is InChI=1S/C18H22N2O4S2/c1-14-9-10-16(13-17(14)20-11-5-6-12-25(20,21)22)19-26(23,24)18-8-4-3-7-15(18)2/h3-4,7-10,13,19H,5-6,11-12H2,1-2H3. The fourth-order valence-electron chi connectivity index (χ4n) is 3.07. The summed E-state index contributed by atoms with van der Waals surface area (Å²) in [5.41, 5.74) is 2.30. The first-order valence-electron chi connectivity index (χ1n) is 8.40. The van der Waals surface area contributed by atoms with Crippen LogP contribution in [-0.2, 0) is 20.0 Å². The van der Waals surface area contributed by atoms with Crippen molar-refractivity contribution in [3.63, 3.8) is 0 Å². The summed E-state index contributed by atoms with van der Waals surface area (Å²) in [4.78, 5) is 0.202. The molecule has 0 spiro atoms. The minimum absolute atomic E-state index is 0.117. The molecule has 26 heavy (non-hydrogen) atoms. The second-order valence-corrected chi connectivity index (χ2v) is 10.1. The van der Waals surface area contributed by atoms with Gasteiger partial charge in [-0.25, -0.2) is 16.8 Å². The summed E-state index contributed by atoms with van der Waals surface area (Å²) in [6, 6.07) is 11.7. The fourth-order valence-corrected chi connectivity index (χ4v) is 6.06. The number of nitrogens with zero attached hydrogens (tertiary/aromatic N) is 1. The van der Waals surface area contributed by atoms with E-state index in [1.807, 2.05) is 6.92 Å². The lowest BCUT2D eigenvalue weighted by atomic mass is 10.1. The molecule has 2 aromatic carbocycles. The maximum Gasteiger partial charge on any atom is 0.262 e. The van der Waals surface area contributed by atoms with E-state index in [0.717, 1.165) is 12.0 Å². The molecule has 0 aromatic heterocycles. The summed E-state index contributed by atoms with van der Waals surface area (Å²) in [5, 5.41) is 0. The number of sulfonamides is 2. The molecular weight excluding hydrogens is 372 g/mol. The van der Waals surface area contributed by atoms with Crippen LogP contribution in [0.1, 0.15) is 24.0 Å². The van der Waals surface area contributed by atoms with E-state index < -0.39 is 20.0 Å². The van der Waals surface area contributed by atoms with E-state index >= 15 is 0 Å². The first kappa shape index (κ1) is 18.7. The number of anilines is 2. The Bertz CT molecular complexity index is 1030. The highest BCUT2D eigenvalue weighted by Crippen LogP contribution is 2.30. The SMILES string of the molecule is Cc1ccc(NS(=O)(=O)c2ccccc2C)cc1N1CCCCS1(=O)=O. The predicted octanol–water partition coefficient (Wildman–Crippen LogP) is 3.03. The Morgan fingerprint density at radius 3 is 2.42 bits per heavy atom. The summed E-state index contributed by atoms with van der Waals surface area (Å²) in [7, 11) is -7.11. The van der Waals surface area contributed by atoms with Crippen molar-refractivity contribution in [2.45, 2.75) is 31.6 Å². The van der Waals surface area contributed by atoms with Crippen LogP contribution in [0.2, 0.25) is 0 Å². The lowest BCUT2D eigenvalue weighted by Crippen LogP contribution is -2.38. The van der Waals surface area contributed by atoms with E-state index in [9.17, 15) is 16.8 Å². The first-order chi connectivity index (χ1) is 12.2. The van der Waals surface area contributed by atoms with Crippen LogP contribution in [0.15, 0.2) is 47.4 Å². The summed E-state index contributed by atoms with van der Waals surface area (Å²) >= 11 is 0. The molecule has 6 nitrogen and oxygen atoms in total. The molecule has 0 aliphatic carbocycles. The molecular formula is C18H22N2O4S2. The van der Waals surface area contributed by atoms with Crippen molar-refractivity contribution in [3.05, 3.63) is 53.6 Å². The lowest BCUT2D eigenvalue weighted by molar-refractivity contribution is 0.574. The van der Waals surface area contributed by atoms with Crippen molar-refractivity contribution >= 4 is 31.4 Å². The molecule has 2 aromatic rings. The monoisotopic (exact) mass is 394 g/mol. The number of aryl methyl sites for hydroxylation is 2. The average molecular weight is 395 g/mol. The average Bonchev–Trinajstić information content (AvgIpc) is 2.56. The van der Waals surface area contributed by atoms with Gasteiger partial charge in [-0.05, 0) is 56.0 Å². The minimum Gasteiger partial charge on any atom is -0.280 e. The van der Waals surface area contributed by atoms with Gasteiger partial charge in [0.15, 0.2) is 0 Å². The lowest BCUT2D eigenvalue weighted by Gasteiger charge is -2.29. The quantitative estimate of drug-likeness (QED) is 0.864. The molecule has 0 amide bonds. The van der Waals surface area contributed by atoms with Gasteiger partial charge in [-0.2, -0.15) is 0 Å². The second-order valence-electron chi connectivity index (χ2n) is 6.47. The van der Waals surface area contributed by atoms with E-state index in [-0.39, 0.29) is 10.6 Å². The van der Waals surface area contributed by atoms with Crippen molar-refractivity contribution in [1.82, 2.24) is 0 Å². The number of hydrogen-bond donors (Lipinski definition) is 1. The van der Waals surface area contributed by atoms with Crippen LogP contribution in [0.3, 0.4) is 0 Å². The molecule has 1 saturated heterocycles. The zero-order chi connectivity index (χ0) is 18.9. The van der Waals surface area contributed by atoms with Gasteiger partial charge in [0.1, 0.15) is 0 Å².